The summed E-state index contributed by atoms with van der Waals surface area (Å²) in [6.45, 7) is 16.0. The van der Waals surface area contributed by atoms with Gasteiger partial charge in [0.2, 0.25) is 5.91 Å². The van der Waals surface area contributed by atoms with Crippen molar-refractivity contribution in [2.24, 2.45) is 23.7 Å². The first-order valence-corrected chi connectivity index (χ1v) is 11.3. The third kappa shape index (κ3) is 6.76. The fourth-order valence-electron chi connectivity index (χ4n) is 5.29. The molecule has 0 aromatic carbocycles. The molecule has 2 heterocycles. The van der Waals surface area contributed by atoms with Crippen LogP contribution in [-0.2, 0) is 37.5 Å². The number of piperazine rings is 1. The summed E-state index contributed by atoms with van der Waals surface area (Å²) in [6, 6.07) is 0. The molecule has 0 N–H and O–H groups in total. The van der Waals surface area contributed by atoms with Crippen LogP contribution in [0, 0.1) is 23.7 Å². The summed E-state index contributed by atoms with van der Waals surface area (Å²) in [4.78, 5) is 20.3. The van der Waals surface area contributed by atoms with E-state index in [0.717, 1.165) is 56.8 Å². The summed E-state index contributed by atoms with van der Waals surface area (Å²) >= 11 is 0. The quantitative estimate of drug-likeness (QED) is 0.641. The Labute approximate surface area is 192 Å². The molecule has 27 heavy (non-hydrogen) atoms. The molecule has 3 rings (SSSR count). The van der Waals surface area contributed by atoms with Crippen LogP contribution in [0.1, 0.15) is 59.3 Å². The molecule has 0 spiro atoms. The average molecular weight is 452 g/mol. The second-order valence-electron chi connectivity index (χ2n) is 9.36. The first kappa shape index (κ1) is 23.8. The van der Waals surface area contributed by atoms with Crippen LogP contribution in [-0.4, -0.2) is 73.0 Å². The molecule has 2 saturated heterocycles. The molecule has 1 radical (unpaired) electrons. The van der Waals surface area contributed by atoms with Crippen LogP contribution in [0.3, 0.4) is 0 Å². The molecule has 0 unspecified atom stereocenters. The van der Waals surface area contributed by atoms with E-state index in [9.17, 15) is 4.79 Å². The zero-order chi connectivity index (χ0) is 18.5. The number of likely N-dealkylation sites (tertiary alicyclic amines) is 1. The van der Waals surface area contributed by atoms with E-state index in [-0.39, 0.29) is 32.7 Å². The summed E-state index contributed by atoms with van der Waals surface area (Å²) < 4.78 is 0. The Hall–Kier alpha value is 0.494. The molecule has 0 aromatic heterocycles. The molecule has 0 atom stereocenters. The molecule has 4 nitrogen and oxygen atoms in total. The predicted octanol–water partition coefficient (Wildman–Crippen LogP) is 3.32. The molecule has 0 bridgehead atoms. The van der Waals surface area contributed by atoms with E-state index in [1.807, 2.05) is 0 Å². The van der Waals surface area contributed by atoms with Crippen molar-refractivity contribution in [1.29, 1.82) is 0 Å². The molecule has 0 aromatic rings. The first-order valence-electron chi connectivity index (χ1n) is 11.3. The third-order valence-electron chi connectivity index (χ3n) is 7.42. The molecule has 5 heteroatoms. The first-order chi connectivity index (χ1) is 12.6. The molecule has 153 valence electrons. The second-order valence-corrected chi connectivity index (χ2v) is 9.36. The fourth-order valence-corrected chi connectivity index (χ4v) is 5.29. The maximum absolute atomic E-state index is 12.9. The molecular weight excluding hydrogens is 411 g/mol. The van der Waals surface area contributed by atoms with Gasteiger partial charge in [0.25, 0.3) is 0 Å². The number of carbonyl (C=O) groups is 1. The van der Waals surface area contributed by atoms with Crippen LogP contribution in [0.2, 0.25) is 0 Å². The van der Waals surface area contributed by atoms with Gasteiger partial charge in [0, 0.05) is 71.4 Å². The largest absolute Gasteiger partial charge is 0.340 e. The van der Waals surface area contributed by atoms with E-state index in [0.29, 0.717) is 11.8 Å². The van der Waals surface area contributed by atoms with Gasteiger partial charge in [-0.2, -0.15) is 0 Å². The molecule has 2 aliphatic heterocycles. The number of hydrogen-bond donors (Lipinski definition) is 0. The number of piperidine rings is 1. The van der Waals surface area contributed by atoms with Gasteiger partial charge in [-0.25, -0.2) is 0 Å². The Morgan fingerprint density at radius 2 is 1.44 bits per heavy atom. The molecular formula is C22H41N3OY. The number of amides is 1. The SMILES string of the molecule is CCN1CCC(CN2CCN(C(=O)C3CCC(C(C)C)CC3)CC2)CC1.[Y]. The van der Waals surface area contributed by atoms with Crippen molar-refractivity contribution in [3.8, 4) is 0 Å². The Bertz CT molecular complexity index is 435. The van der Waals surface area contributed by atoms with E-state index >= 15 is 0 Å². The number of hydrogen-bond acceptors (Lipinski definition) is 3. The van der Waals surface area contributed by atoms with E-state index in [1.165, 1.54) is 51.9 Å². The van der Waals surface area contributed by atoms with Crippen molar-refractivity contribution in [1.82, 2.24) is 14.7 Å². The van der Waals surface area contributed by atoms with Crippen LogP contribution < -0.4 is 0 Å². The van der Waals surface area contributed by atoms with Crippen molar-refractivity contribution in [2.45, 2.75) is 59.3 Å². The number of carbonyl (C=O) groups excluding carboxylic acids is 1. The van der Waals surface area contributed by atoms with E-state index in [2.05, 4.69) is 35.5 Å². The van der Waals surface area contributed by atoms with Gasteiger partial charge in [-0.05, 0) is 75.9 Å². The van der Waals surface area contributed by atoms with Crippen molar-refractivity contribution in [3.63, 3.8) is 0 Å². The minimum Gasteiger partial charge on any atom is -0.340 e. The maximum Gasteiger partial charge on any atom is 0.225 e. The van der Waals surface area contributed by atoms with Crippen LogP contribution in [0.15, 0.2) is 0 Å². The van der Waals surface area contributed by atoms with Gasteiger partial charge in [0.05, 0.1) is 0 Å². The van der Waals surface area contributed by atoms with Gasteiger partial charge < -0.3 is 9.80 Å². The fraction of sp³-hybridized carbons (Fsp3) is 0.955. The monoisotopic (exact) mass is 452 g/mol. The maximum atomic E-state index is 12.9. The molecule has 3 aliphatic rings. The molecule has 3 fully saturated rings. The van der Waals surface area contributed by atoms with Gasteiger partial charge in [0.15, 0.2) is 0 Å². The summed E-state index contributed by atoms with van der Waals surface area (Å²) in [5.41, 5.74) is 0. The van der Waals surface area contributed by atoms with Gasteiger partial charge in [0.1, 0.15) is 0 Å². The van der Waals surface area contributed by atoms with Gasteiger partial charge in [-0.15, -0.1) is 0 Å². The zero-order valence-corrected chi connectivity index (χ0v) is 20.9. The Morgan fingerprint density at radius 1 is 0.852 bits per heavy atom. The van der Waals surface area contributed by atoms with E-state index < -0.39 is 0 Å². The summed E-state index contributed by atoms with van der Waals surface area (Å²) in [5, 5.41) is 0. The van der Waals surface area contributed by atoms with E-state index in [1.54, 1.807) is 0 Å². The van der Waals surface area contributed by atoms with E-state index in [4.69, 9.17) is 0 Å². The molecule has 1 amide bonds. The summed E-state index contributed by atoms with van der Waals surface area (Å²) in [5.74, 6) is 3.26. The predicted molar refractivity (Wildman–Crippen MR) is 108 cm³/mol. The normalized spacial score (nSPS) is 29.0. The summed E-state index contributed by atoms with van der Waals surface area (Å²) in [6.07, 6.45) is 7.46. The van der Waals surface area contributed by atoms with Crippen molar-refractivity contribution in [2.75, 3.05) is 52.4 Å². The Kier molecular flexibility index (Phi) is 10.2. The smallest absolute Gasteiger partial charge is 0.225 e. The summed E-state index contributed by atoms with van der Waals surface area (Å²) in [7, 11) is 0. The standard InChI is InChI=1S/C22H41N3O.Y/c1-4-23-11-9-19(10-12-23)17-24-13-15-25(16-14-24)22(26)21-7-5-20(6-8-21)18(2)3;/h18-21H,4-17H2,1-3H3;. The number of nitrogens with zero attached hydrogens (tertiary/aromatic N) is 3. The van der Waals surface area contributed by atoms with Crippen molar-refractivity contribution in [3.05, 3.63) is 0 Å². The van der Waals surface area contributed by atoms with Crippen LogP contribution >= 0.6 is 0 Å². The third-order valence-corrected chi connectivity index (χ3v) is 7.42. The number of rotatable bonds is 5. The zero-order valence-electron chi connectivity index (χ0n) is 18.0. The molecule has 1 aliphatic carbocycles. The van der Waals surface area contributed by atoms with Gasteiger partial charge in [-0.1, -0.05) is 20.8 Å². The van der Waals surface area contributed by atoms with Crippen molar-refractivity contribution < 1.29 is 37.5 Å². The van der Waals surface area contributed by atoms with Gasteiger partial charge in [-0.3, -0.25) is 9.69 Å². The Morgan fingerprint density at radius 3 is 1.96 bits per heavy atom. The second kappa shape index (κ2) is 11.6. The minimum absolute atomic E-state index is 0. The Balaban J connectivity index is 0.00000261. The topological polar surface area (TPSA) is 26.8 Å². The van der Waals surface area contributed by atoms with Crippen LogP contribution in [0.25, 0.3) is 0 Å². The molecule has 1 saturated carbocycles. The van der Waals surface area contributed by atoms with Crippen LogP contribution in [0.4, 0.5) is 0 Å². The minimum atomic E-state index is 0. The van der Waals surface area contributed by atoms with Crippen LogP contribution in [0.5, 0.6) is 0 Å². The average Bonchev–Trinajstić information content (AvgIpc) is 2.69. The van der Waals surface area contributed by atoms with Crippen molar-refractivity contribution >= 4 is 5.91 Å². The van der Waals surface area contributed by atoms with Gasteiger partial charge >= 0.3 is 0 Å².